The Balaban J connectivity index is 1.75. The molecule has 118 valence electrons. The monoisotopic (exact) mass is 300 g/mol. The topological polar surface area (TPSA) is 61.0 Å². The van der Waals surface area contributed by atoms with E-state index in [4.69, 9.17) is 0 Å². The Morgan fingerprint density at radius 1 is 1.36 bits per heavy atom. The van der Waals surface area contributed by atoms with Crippen LogP contribution in [0.3, 0.4) is 0 Å². The second-order valence-electron chi connectivity index (χ2n) is 5.79. The third-order valence-corrected chi connectivity index (χ3v) is 3.71. The van der Waals surface area contributed by atoms with Crippen molar-refractivity contribution in [2.75, 3.05) is 20.1 Å². The van der Waals surface area contributed by atoms with Crippen LogP contribution in [0.2, 0.25) is 0 Å². The number of carbonyl (C=O) groups excluding carboxylic acids is 1. The number of nitrogens with one attached hydrogen (secondary N) is 2. The SMILES string of the molecule is Cc1ccc(C(C)NC(=O)CN(C)CCc2cn[nH]c2)cc1. The first-order chi connectivity index (χ1) is 10.5. The van der Waals surface area contributed by atoms with Gasteiger partial charge in [0.05, 0.1) is 18.8 Å². The maximum Gasteiger partial charge on any atom is 0.234 e. The lowest BCUT2D eigenvalue weighted by Crippen LogP contribution is -2.37. The lowest BCUT2D eigenvalue weighted by Gasteiger charge is -2.19. The smallest absolute Gasteiger partial charge is 0.234 e. The maximum atomic E-state index is 12.1. The summed E-state index contributed by atoms with van der Waals surface area (Å²) in [6.45, 7) is 5.29. The van der Waals surface area contributed by atoms with E-state index in [1.807, 2.05) is 31.3 Å². The van der Waals surface area contributed by atoms with E-state index >= 15 is 0 Å². The molecule has 0 bridgehead atoms. The van der Waals surface area contributed by atoms with E-state index in [0.717, 1.165) is 24.1 Å². The van der Waals surface area contributed by atoms with Gasteiger partial charge in [-0.15, -0.1) is 0 Å². The van der Waals surface area contributed by atoms with Crippen molar-refractivity contribution < 1.29 is 4.79 Å². The van der Waals surface area contributed by atoms with Crippen molar-refractivity contribution in [1.29, 1.82) is 0 Å². The number of amides is 1. The molecule has 0 aliphatic carbocycles. The molecule has 0 spiro atoms. The lowest BCUT2D eigenvalue weighted by atomic mass is 10.1. The Labute approximate surface area is 131 Å². The number of benzene rings is 1. The van der Waals surface area contributed by atoms with Gasteiger partial charge in [0, 0.05) is 12.7 Å². The molecule has 1 aromatic heterocycles. The zero-order valence-corrected chi connectivity index (χ0v) is 13.5. The first-order valence-corrected chi connectivity index (χ1v) is 7.56. The molecule has 0 saturated carbocycles. The number of carbonyl (C=O) groups is 1. The largest absolute Gasteiger partial charge is 0.348 e. The minimum Gasteiger partial charge on any atom is -0.348 e. The fourth-order valence-corrected chi connectivity index (χ4v) is 2.28. The molecule has 1 aromatic carbocycles. The van der Waals surface area contributed by atoms with E-state index in [-0.39, 0.29) is 11.9 Å². The highest BCUT2D eigenvalue weighted by Gasteiger charge is 2.11. The van der Waals surface area contributed by atoms with Crippen molar-refractivity contribution in [3.8, 4) is 0 Å². The molecule has 1 unspecified atom stereocenters. The number of aromatic amines is 1. The van der Waals surface area contributed by atoms with Crippen molar-refractivity contribution in [2.24, 2.45) is 0 Å². The highest BCUT2D eigenvalue weighted by atomic mass is 16.2. The molecule has 1 amide bonds. The van der Waals surface area contributed by atoms with Gasteiger partial charge in [0.2, 0.25) is 5.91 Å². The van der Waals surface area contributed by atoms with Gasteiger partial charge in [-0.1, -0.05) is 29.8 Å². The van der Waals surface area contributed by atoms with Gasteiger partial charge in [0.15, 0.2) is 0 Å². The molecule has 0 aliphatic rings. The van der Waals surface area contributed by atoms with Crippen molar-refractivity contribution in [3.05, 3.63) is 53.3 Å². The van der Waals surface area contributed by atoms with Gasteiger partial charge >= 0.3 is 0 Å². The Morgan fingerprint density at radius 2 is 2.09 bits per heavy atom. The van der Waals surface area contributed by atoms with Crippen LogP contribution in [0.15, 0.2) is 36.7 Å². The molecule has 0 fully saturated rings. The second-order valence-corrected chi connectivity index (χ2v) is 5.79. The summed E-state index contributed by atoms with van der Waals surface area (Å²) in [6.07, 6.45) is 4.58. The molecule has 0 radical (unpaired) electrons. The maximum absolute atomic E-state index is 12.1. The van der Waals surface area contributed by atoms with Crippen LogP contribution < -0.4 is 5.32 Å². The number of rotatable bonds is 7. The highest BCUT2D eigenvalue weighted by Crippen LogP contribution is 2.12. The number of aromatic nitrogens is 2. The lowest BCUT2D eigenvalue weighted by molar-refractivity contribution is -0.122. The van der Waals surface area contributed by atoms with Gasteiger partial charge in [-0.25, -0.2) is 0 Å². The van der Waals surface area contributed by atoms with Crippen LogP contribution in [0.25, 0.3) is 0 Å². The predicted molar refractivity (Wildman–Crippen MR) is 87.5 cm³/mol. The molecule has 5 heteroatoms. The van der Waals surface area contributed by atoms with Crippen molar-refractivity contribution >= 4 is 5.91 Å². The van der Waals surface area contributed by atoms with E-state index in [1.165, 1.54) is 5.56 Å². The third kappa shape index (κ3) is 5.00. The number of aryl methyl sites for hydroxylation is 1. The van der Waals surface area contributed by atoms with Gasteiger partial charge < -0.3 is 5.32 Å². The molecule has 22 heavy (non-hydrogen) atoms. The number of hydrogen-bond donors (Lipinski definition) is 2. The van der Waals surface area contributed by atoms with Crippen LogP contribution in [0.4, 0.5) is 0 Å². The molecular formula is C17H24N4O. The average Bonchev–Trinajstić information content (AvgIpc) is 2.99. The molecule has 1 atom stereocenters. The van der Waals surface area contributed by atoms with Gasteiger partial charge in [-0.05, 0) is 38.4 Å². The minimum absolute atomic E-state index is 0.0235. The summed E-state index contributed by atoms with van der Waals surface area (Å²) < 4.78 is 0. The van der Waals surface area contributed by atoms with E-state index < -0.39 is 0 Å². The van der Waals surface area contributed by atoms with Crippen molar-refractivity contribution in [3.63, 3.8) is 0 Å². The van der Waals surface area contributed by atoms with E-state index in [2.05, 4.69) is 46.7 Å². The quantitative estimate of drug-likeness (QED) is 0.823. The fraction of sp³-hybridized carbons (Fsp3) is 0.412. The zero-order chi connectivity index (χ0) is 15.9. The van der Waals surface area contributed by atoms with Crippen LogP contribution in [0.5, 0.6) is 0 Å². The van der Waals surface area contributed by atoms with Crippen LogP contribution in [0, 0.1) is 6.92 Å². The van der Waals surface area contributed by atoms with Gasteiger partial charge in [0.1, 0.15) is 0 Å². The summed E-state index contributed by atoms with van der Waals surface area (Å²) in [6, 6.07) is 8.27. The highest BCUT2D eigenvalue weighted by molar-refractivity contribution is 5.78. The Kier molecular flexibility index (Phi) is 5.72. The summed E-state index contributed by atoms with van der Waals surface area (Å²) in [4.78, 5) is 14.1. The molecular weight excluding hydrogens is 276 g/mol. The number of H-pyrrole nitrogens is 1. The number of likely N-dealkylation sites (N-methyl/N-ethyl adjacent to an activating group) is 1. The molecule has 0 aliphatic heterocycles. The van der Waals surface area contributed by atoms with Crippen LogP contribution in [0.1, 0.15) is 29.7 Å². The first-order valence-electron chi connectivity index (χ1n) is 7.56. The van der Waals surface area contributed by atoms with E-state index in [9.17, 15) is 4.79 Å². The van der Waals surface area contributed by atoms with E-state index in [1.54, 1.807) is 0 Å². The second kappa shape index (κ2) is 7.75. The summed E-state index contributed by atoms with van der Waals surface area (Å²) in [5.74, 6) is 0.0442. The zero-order valence-electron chi connectivity index (χ0n) is 13.5. The molecule has 2 rings (SSSR count). The van der Waals surface area contributed by atoms with Crippen LogP contribution in [-0.4, -0.2) is 41.1 Å². The molecule has 2 aromatic rings. The molecule has 1 heterocycles. The van der Waals surface area contributed by atoms with Crippen molar-refractivity contribution in [2.45, 2.75) is 26.3 Å². The Morgan fingerprint density at radius 3 is 2.73 bits per heavy atom. The fourth-order valence-electron chi connectivity index (χ4n) is 2.28. The number of hydrogen-bond acceptors (Lipinski definition) is 3. The van der Waals surface area contributed by atoms with Crippen LogP contribution in [-0.2, 0) is 11.2 Å². The van der Waals surface area contributed by atoms with Crippen molar-refractivity contribution in [1.82, 2.24) is 20.4 Å². The normalized spacial score (nSPS) is 12.4. The van der Waals surface area contributed by atoms with Gasteiger partial charge in [0.25, 0.3) is 0 Å². The third-order valence-electron chi connectivity index (χ3n) is 3.71. The van der Waals surface area contributed by atoms with Gasteiger partial charge in [-0.3, -0.25) is 14.8 Å². The van der Waals surface area contributed by atoms with E-state index in [0.29, 0.717) is 6.54 Å². The number of nitrogens with zero attached hydrogens (tertiary/aromatic N) is 2. The summed E-state index contributed by atoms with van der Waals surface area (Å²) in [5, 5.41) is 9.75. The summed E-state index contributed by atoms with van der Waals surface area (Å²) >= 11 is 0. The first kappa shape index (κ1) is 16.2. The minimum atomic E-state index is 0.0235. The Bertz CT molecular complexity index is 577. The molecule has 0 saturated heterocycles. The summed E-state index contributed by atoms with van der Waals surface area (Å²) in [7, 11) is 1.95. The van der Waals surface area contributed by atoms with Gasteiger partial charge in [-0.2, -0.15) is 5.10 Å². The predicted octanol–water partition coefficient (Wildman–Crippen LogP) is 2.07. The van der Waals surface area contributed by atoms with Crippen LogP contribution >= 0.6 is 0 Å². The molecule has 5 nitrogen and oxygen atoms in total. The molecule has 2 N–H and O–H groups in total. The standard InChI is InChI=1S/C17H24N4O/c1-13-4-6-16(7-5-13)14(2)20-17(22)12-21(3)9-8-15-10-18-19-11-15/h4-7,10-11,14H,8-9,12H2,1-3H3,(H,18,19)(H,20,22). The Hall–Kier alpha value is -2.14. The average molecular weight is 300 g/mol. The summed E-state index contributed by atoms with van der Waals surface area (Å²) in [5.41, 5.74) is 3.50.